The maximum Gasteiger partial charge on any atom is 0.248 e. The quantitative estimate of drug-likeness (QED) is 0.480. The van der Waals surface area contributed by atoms with Crippen LogP contribution in [-0.2, 0) is 9.53 Å². The van der Waals surface area contributed by atoms with Crippen LogP contribution >= 0.6 is 11.3 Å². The highest BCUT2D eigenvalue weighted by Gasteiger charge is 2.15. The number of benzene rings is 2. The molecule has 0 radical (unpaired) electrons. The number of hydrogen-bond donors (Lipinski definition) is 1. The van der Waals surface area contributed by atoms with Crippen LogP contribution in [0, 0.1) is 0 Å². The SMILES string of the molecule is COc1cc(OC)c(OC)cc1/C=C/C(=O)Nc1ccc(-c2csc(N3CCOCC3)n2)cc1. The molecule has 0 saturated carbocycles. The molecule has 1 aromatic heterocycles. The van der Waals surface area contributed by atoms with Gasteiger partial charge in [0.2, 0.25) is 5.91 Å². The molecular weight excluding hydrogens is 454 g/mol. The highest BCUT2D eigenvalue weighted by molar-refractivity contribution is 7.14. The van der Waals surface area contributed by atoms with E-state index in [9.17, 15) is 4.79 Å². The molecule has 9 heteroatoms. The monoisotopic (exact) mass is 481 g/mol. The average Bonchev–Trinajstić information content (AvgIpc) is 3.38. The van der Waals surface area contributed by atoms with Crippen LogP contribution < -0.4 is 24.4 Å². The van der Waals surface area contributed by atoms with E-state index in [0.29, 0.717) is 28.5 Å². The van der Waals surface area contributed by atoms with E-state index in [4.69, 9.17) is 23.9 Å². The second kappa shape index (κ2) is 11.0. The van der Waals surface area contributed by atoms with Gasteiger partial charge in [0, 0.05) is 47.4 Å². The number of hydrogen-bond acceptors (Lipinski definition) is 8. The number of nitrogens with one attached hydrogen (secondary N) is 1. The average molecular weight is 482 g/mol. The zero-order valence-corrected chi connectivity index (χ0v) is 20.2. The number of carbonyl (C=O) groups excluding carboxylic acids is 1. The van der Waals surface area contributed by atoms with Gasteiger partial charge in [-0.05, 0) is 24.3 Å². The van der Waals surface area contributed by atoms with Crippen LogP contribution in [0.3, 0.4) is 0 Å². The van der Waals surface area contributed by atoms with Crippen molar-refractivity contribution >= 4 is 34.1 Å². The molecule has 0 atom stereocenters. The lowest BCUT2D eigenvalue weighted by Crippen LogP contribution is -2.36. The predicted molar refractivity (Wildman–Crippen MR) is 134 cm³/mol. The lowest BCUT2D eigenvalue weighted by atomic mass is 10.1. The summed E-state index contributed by atoms with van der Waals surface area (Å²) < 4.78 is 21.4. The van der Waals surface area contributed by atoms with Crippen LogP contribution in [0.4, 0.5) is 10.8 Å². The second-order valence-corrected chi connectivity index (χ2v) is 8.30. The Bertz CT molecular complexity index is 1150. The van der Waals surface area contributed by atoms with E-state index in [0.717, 1.165) is 42.7 Å². The van der Waals surface area contributed by atoms with Crippen molar-refractivity contribution in [3.05, 3.63) is 53.4 Å². The van der Waals surface area contributed by atoms with Crippen molar-refractivity contribution in [1.29, 1.82) is 0 Å². The van der Waals surface area contributed by atoms with Gasteiger partial charge in [-0.25, -0.2) is 4.98 Å². The minimum absolute atomic E-state index is 0.257. The number of amides is 1. The van der Waals surface area contributed by atoms with Crippen LogP contribution in [0.5, 0.6) is 17.2 Å². The van der Waals surface area contributed by atoms with E-state index >= 15 is 0 Å². The summed E-state index contributed by atoms with van der Waals surface area (Å²) in [4.78, 5) is 19.5. The highest BCUT2D eigenvalue weighted by atomic mass is 32.1. The molecule has 1 amide bonds. The number of anilines is 2. The Morgan fingerprint density at radius 3 is 2.38 bits per heavy atom. The van der Waals surface area contributed by atoms with Crippen LogP contribution in [0.2, 0.25) is 0 Å². The highest BCUT2D eigenvalue weighted by Crippen LogP contribution is 2.35. The van der Waals surface area contributed by atoms with Crippen LogP contribution in [0.15, 0.2) is 47.9 Å². The standard InChI is InChI=1S/C25H27N3O5S/c1-30-21-15-23(32-3)22(31-2)14-18(21)6-9-24(29)26-19-7-4-17(5-8-19)20-16-34-25(27-20)28-10-12-33-13-11-28/h4-9,14-16H,10-13H2,1-3H3,(H,26,29)/b9-6+. The van der Waals surface area contributed by atoms with Gasteiger partial charge in [0.05, 0.1) is 40.2 Å². The Balaban J connectivity index is 1.40. The summed E-state index contributed by atoms with van der Waals surface area (Å²) in [6, 6.07) is 11.1. The number of thiazole rings is 1. The summed E-state index contributed by atoms with van der Waals surface area (Å²) in [6.45, 7) is 3.19. The van der Waals surface area contributed by atoms with Crippen molar-refractivity contribution in [3.8, 4) is 28.5 Å². The predicted octanol–water partition coefficient (Wildman–Crippen LogP) is 4.32. The fraction of sp³-hybridized carbons (Fsp3) is 0.280. The van der Waals surface area contributed by atoms with Crippen LogP contribution in [0.25, 0.3) is 17.3 Å². The molecule has 1 saturated heterocycles. The second-order valence-electron chi connectivity index (χ2n) is 7.46. The summed E-state index contributed by atoms with van der Waals surface area (Å²) in [5, 5.41) is 5.93. The van der Waals surface area contributed by atoms with E-state index < -0.39 is 0 Å². The van der Waals surface area contributed by atoms with Gasteiger partial charge in [0.1, 0.15) is 5.75 Å². The molecule has 1 aliphatic rings. The molecule has 1 fully saturated rings. The molecular formula is C25H27N3O5S. The van der Waals surface area contributed by atoms with Gasteiger partial charge in [0.25, 0.3) is 0 Å². The third kappa shape index (κ3) is 5.49. The number of rotatable bonds is 8. The molecule has 1 aliphatic heterocycles. The lowest BCUT2D eigenvalue weighted by molar-refractivity contribution is -0.111. The Morgan fingerprint density at radius 2 is 1.71 bits per heavy atom. The Labute approximate surface area is 202 Å². The van der Waals surface area contributed by atoms with E-state index in [1.807, 2.05) is 24.3 Å². The summed E-state index contributed by atoms with van der Waals surface area (Å²) in [7, 11) is 4.68. The van der Waals surface area contributed by atoms with Crippen molar-refractivity contribution in [1.82, 2.24) is 4.98 Å². The van der Waals surface area contributed by atoms with Gasteiger partial charge in [-0.2, -0.15) is 0 Å². The number of morpholine rings is 1. The first kappa shape index (κ1) is 23.6. The zero-order valence-electron chi connectivity index (χ0n) is 19.4. The number of nitrogens with zero attached hydrogens (tertiary/aromatic N) is 2. The van der Waals surface area contributed by atoms with Crippen molar-refractivity contribution in [2.75, 3.05) is 57.8 Å². The van der Waals surface area contributed by atoms with Gasteiger partial charge in [-0.3, -0.25) is 4.79 Å². The molecule has 1 N–H and O–H groups in total. The Kier molecular flexibility index (Phi) is 7.66. The minimum atomic E-state index is -0.257. The first-order chi connectivity index (χ1) is 16.6. The Hall–Kier alpha value is -3.56. The molecule has 34 heavy (non-hydrogen) atoms. The molecule has 2 aromatic carbocycles. The first-order valence-electron chi connectivity index (χ1n) is 10.8. The third-order valence-electron chi connectivity index (χ3n) is 5.37. The maximum absolute atomic E-state index is 12.5. The summed E-state index contributed by atoms with van der Waals surface area (Å²) in [6.07, 6.45) is 3.12. The van der Waals surface area contributed by atoms with E-state index in [1.165, 1.54) is 6.08 Å². The van der Waals surface area contributed by atoms with E-state index in [-0.39, 0.29) is 5.91 Å². The van der Waals surface area contributed by atoms with Gasteiger partial charge < -0.3 is 29.2 Å². The van der Waals surface area contributed by atoms with Crippen molar-refractivity contribution in [3.63, 3.8) is 0 Å². The van der Waals surface area contributed by atoms with Crippen molar-refractivity contribution in [2.24, 2.45) is 0 Å². The smallest absolute Gasteiger partial charge is 0.248 e. The molecule has 0 unspecified atom stereocenters. The Morgan fingerprint density at radius 1 is 1.03 bits per heavy atom. The summed E-state index contributed by atoms with van der Waals surface area (Å²) in [5.41, 5.74) is 3.32. The topological polar surface area (TPSA) is 82.2 Å². The maximum atomic E-state index is 12.5. The molecule has 0 aliphatic carbocycles. The van der Waals surface area contributed by atoms with Crippen LogP contribution in [0.1, 0.15) is 5.56 Å². The lowest BCUT2D eigenvalue weighted by Gasteiger charge is -2.26. The molecule has 3 aromatic rings. The van der Waals surface area contributed by atoms with Crippen molar-refractivity contribution < 1.29 is 23.7 Å². The molecule has 4 rings (SSSR count). The van der Waals surface area contributed by atoms with Gasteiger partial charge in [0.15, 0.2) is 16.6 Å². The summed E-state index contributed by atoms with van der Waals surface area (Å²) in [5.74, 6) is 1.43. The normalized spacial score (nSPS) is 13.7. The summed E-state index contributed by atoms with van der Waals surface area (Å²) >= 11 is 1.63. The fourth-order valence-electron chi connectivity index (χ4n) is 3.55. The van der Waals surface area contributed by atoms with Gasteiger partial charge >= 0.3 is 0 Å². The van der Waals surface area contributed by atoms with E-state index in [1.54, 1.807) is 50.9 Å². The fourth-order valence-corrected chi connectivity index (χ4v) is 4.44. The number of aromatic nitrogens is 1. The number of carbonyl (C=O) groups is 1. The zero-order chi connectivity index (χ0) is 23.9. The first-order valence-corrected chi connectivity index (χ1v) is 11.7. The molecule has 178 valence electrons. The molecule has 0 bridgehead atoms. The van der Waals surface area contributed by atoms with Gasteiger partial charge in [-0.1, -0.05) is 12.1 Å². The van der Waals surface area contributed by atoms with Crippen LogP contribution in [-0.4, -0.2) is 58.5 Å². The number of methoxy groups -OCH3 is 3. The minimum Gasteiger partial charge on any atom is -0.496 e. The molecule has 8 nitrogen and oxygen atoms in total. The largest absolute Gasteiger partial charge is 0.496 e. The van der Waals surface area contributed by atoms with E-state index in [2.05, 4.69) is 15.6 Å². The molecule has 2 heterocycles. The third-order valence-corrected chi connectivity index (χ3v) is 6.27. The van der Waals surface area contributed by atoms with Crippen molar-refractivity contribution in [2.45, 2.75) is 0 Å². The number of ether oxygens (including phenoxy) is 4. The molecule has 0 spiro atoms. The van der Waals surface area contributed by atoms with Gasteiger partial charge in [-0.15, -0.1) is 11.3 Å².